The molecule has 0 saturated heterocycles. The third-order valence-corrected chi connectivity index (χ3v) is 4.45. The van der Waals surface area contributed by atoms with Crippen molar-refractivity contribution in [2.75, 3.05) is 13.2 Å². The van der Waals surface area contributed by atoms with E-state index in [2.05, 4.69) is 18.3 Å². The molecule has 0 spiro atoms. The smallest absolute Gasteiger partial charge is 0.0462 e. The van der Waals surface area contributed by atoms with Gasteiger partial charge >= 0.3 is 0 Å². The molecule has 3 unspecified atom stereocenters. The highest BCUT2D eigenvalue weighted by molar-refractivity contribution is 6.31. The van der Waals surface area contributed by atoms with Crippen LogP contribution in [0.25, 0.3) is 0 Å². The van der Waals surface area contributed by atoms with Crippen molar-refractivity contribution in [3.05, 3.63) is 34.9 Å². The molecular weight excluding hydrogens is 246 g/mol. The number of rotatable bonds is 5. The van der Waals surface area contributed by atoms with E-state index in [9.17, 15) is 5.11 Å². The zero-order valence-corrected chi connectivity index (χ0v) is 11.7. The molecule has 1 fully saturated rings. The van der Waals surface area contributed by atoms with Crippen LogP contribution in [0.5, 0.6) is 0 Å². The van der Waals surface area contributed by atoms with Crippen LogP contribution in [0.3, 0.4) is 0 Å². The van der Waals surface area contributed by atoms with Crippen LogP contribution < -0.4 is 5.32 Å². The van der Waals surface area contributed by atoms with Crippen LogP contribution in [0, 0.1) is 11.8 Å². The van der Waals surface area contributed by atoms with Gasteiger partial charge in [0.2, 0.25) is 0 Å². The minimum absolute atomic E-state index is 0.263. The predicted molar refractivity (Wildman–Crippen MR) is 75.8 cm³/mol. The summed E-state index contributed by atoms with van der Waals surface area (Å²) in [7, 11) is 0. The minimum Gasteiger partial charge on any atom is -0.396 e. The standard InChI is InChI=1S/C15H22ClNO/c1-11(14-7-2-3-8-15(14)16)17-9-12-5-4-6-13(12)10-18/h2-3,7-8,11-13,17-18H,4-6,9-10H2,1H3. The van der Waals surface area contributed by atoms with Gasteiger partial charge < -0.3 is 10.4 Å². The first-order chi connectivity index (χ1) is 8.72. The van der Waals surface area contributed by atoms with Crippen molar-refractivity contribution in [2.45, 2.75) is 32.2 Å². The second-order valence-electron chi connectivity index (χ2n) is 5.29. The highest BCUT2D eigenvalue weighted by Gasteiger charge is 2.26. The highest BCUT2D eigenvalue weighted by atomic mass is 35.5. The van der Waals surface area contributed by atoms with Gasteiger partial charge in [-0.3, -0.25) is 0 Å². The van der Waals surface area contributed by atoms with Crippen molar-refractivity contribution in [2.24, 2.45) is 11.8 Å². The molecule has 0 amide bonds. The maximum absolute atomic E-state index is 9.31. The number of aliphatic hydroxyl groups is 1. The third-order valence-electron chi connectivity index (χ3n) is 4.11. The molecule has 0 heterocycles. The highest BCUT2D eigenvalue weighted by Crippen LogP contribution is 2.31. The third kappa shape index (κ3) is 3.25. The van der Waals surface area contributed by atoms with E-state index in [0.29, 0.717) is 18.4 Å². The van der Waals surface area contributed by atoms with E-state index in [4.69, 9.17) is 11.6 Å². The van der Waals surface area contributed by atoms with Gasteiger partial charge in [-0.2, -0.15) is 0 Å². The van der Waals surface area contributed by atoms with Gasteiger partial charge in [-0.25, -0.2) is 0 Å². The van der Waals surface area contributed by atoms with Gasteiger partial charge in [-0.1, -0.05) is 36.2 Å². The topological polar surface area (TPSA) is 32.3 Å². The molecule has 100 valence electrons. The van der Waals surface area contributed by atoms with Crippen molar-refractivity contribution < 1.29 is 5.11 Å². The van der Waals surface area contributed by atoms with Gasteiger partial charge in [0.25, 0.3) is 0 Å². The van der Waals surface area contributed by atoms with Gasteiger partial charge in [0, 0.05) is 17.7 Å². The summed E-state index contributed by atoms with van der Waals surface area (Å²) in [5.74, 6) is 1.09. The summed E-state index contributed by atoms with van der Waals surface area (Å²) in [5.41, 5.74) is 1.15. The van der Waals surface area contributed by atoms with E-state index in [1.807, 2.05) is 18.2 Å². The number of nitrogens with one attached hydrogen (secondary N) is 1. The summed E-state index contributed by atoms with van der Waals surface area (Å²) in [4.78, 5) is 0. The molecule has 18 heavy (non-hydrogen) atoms. The van der Waals surface area contributed by atoms with Crippen molar-refractivity contribution in [3.63, 3.8) is 0 Å². The Bertz CT molecular complexity index is 383. The molecule has 0 bridgehead atoms. The van der Waals surface area contributed by atoms with Gasteiger partial charge in [0.05, 0.1) is 0 Å². The van der Waals surface area contributed by atoms with Crippen molar-refractivity contribution in [3.8, 4) is 0 Å². The molecule has 1 aliphatic carbocycles. The first kappa shape index (κ1) is 13.9. The molecule has 1 aliphatic rings. The monoisotopic (exact) mass is 267 g/mol. The Hall–Kier alpha value is -0.570. The number of hydrogen-bond acceptors (Lipinski definition) is 2. The summed E-state index contributed by atoms with van der Waals surface area (Å²) in [5, 5.41) is 13.7. The van der Waals surface area contributed by atoms with E-state index in [0.717, 1.165) is 17.1 Å². The number of benzene rings is 1. The lowest BCUT2D eigenvalue weighted by Crippen LogP contribution is -2.29. The average molecular weight is 268 g/mol. The van der Waals surface area contributed by atoms with Crippen LogP contribution in [-0.2, 0) is 0 Å². The molecule has 0 aliphatic heterocycles. The number of halogens is 1. The fourth-order valence-corrected chi connectivity index (χ4v) is 3.19. The van der Waals surface area contributed by atoms with Gasteiger partial charge in [0.1, 0.15) is 0 Å². The number of aliphatic hydroxyl groups excluding tert-OH is 1. The molecular formula is C15H22ClNO. The molecule has 3 atom stereocenters. The molecule has 3 heteroatoms. The van der Waals surface area contributed by atoms with Crippen LogP contribution in [0.1, 0.15) is 37.8 Å². The molecule has 1 aromatic rings. The Balaban J connectivity index is 1.88. The minimum atomic E-state index is 0.263. The molecule has 0 aromatic heterocycles. The summed E-state index contributed by atoms with van der Waals surface area (Å²) < 4.78 is 0. The quantitative estimate of drug-likeness (QED) is 0.857. The van der Waals surface area contributed by atoms with Crippen LogP contribution in [-0.4, -0.2) is 18.3 Å². The molecule has 1 saturated carbocycles. The lowest BCUT2D eigenvalue weighted by atomic mass is 9.96. The predicted octanol–water partition coefficient (Wildman–Crippen LogP) is 3.40. The Kier molecular flexibility index (Phi) is 5.04. The molecule has 2 rings (SSSR count). The Morgan fingerprint density at radius 2 is 2.06 bits per heavy atom. The SMILES string of the molecule is CC(NCC1CCCC1CO)c1ccccc1Cl. The first-order valence-electron chi connectivity index (χ1n) is 6.81. The van der Waals surface area contributed by atoms with Gasteiger partial charge in [-0.15, -0.1) is 0 Å². The number of hydrogen-bond donors (Lipinski definition) is 2. The fourth-order valence-electron chi connectivity index (χ4n) is 2.89. The molecule has 2 nitrogen and oxygen atoms in total. The van der Waals surface area contributed by atoms with Crippen LogP contribution in [0.4, 0.5) is 0 Å². The zero-order chi connectivity index (χ0) is 13.0. The van der Waals surface area contributed by atoms with Gasteiger partial charge in [-0.05, 0) is 49.8 Å². The van der Waals surface area contributed by atoms with E-state index in [1.165, 1.54) is 19.3 Å². The largest absolute Gasteiger partial charge is 0.396 e. The molecule has 2 N–H and O–H groups in total. The zero-order valence-electron chi connectivity index (χ0n) is 10.9. The summed E-state index contributed by atoms with van der Waals surface area (Å²) in [6.07, 6.45) is 3.65. The second-order valence-corrected chi connectivity index (χ2v) is 5.69. The Morgan fingerprint density at radius 1 is 1.33 bits per heavy atom. The van der Waals surface area contributed by atoms with E-state index >= 15 is 0 Å². The lowest BCUT2D eigenvalue weighted by Gasteiger charge is -2.22. The maximum Gasteiger partial charge on any atom is 0.0462 e. The summed E-state index contributed by atoms with van der Waals surface area (Å²) in [6.45, 7) is 3.44. The molecule has 0 radical (unpaired) electrons. The Morgan fingerprint density at radius 3 is 2.78 bits per heavy atom. The van der Waals surface area contributed by atoms with Crippen LogP contribution >= 0.6 is 11.6 Å². The van der Waals surface area contributed by atoms with Gasteiger partial charge in [0.15, 0.2) is 0 Å². The van der Waals surface area contributed by atoms with Crippen LogP contribution in [0.2, 0.25) is 5.02 Å². The maximum atomic E-state index is 9.31. The van der Waals surface area contributed by atoms with Crippen molar-refractivity contribution in [1.82, 2.24) is 5.32 Å². The first-order valence-corrected chi connectivity index (χ1v) is 7.19. The van der Waals surface area contributed by atoms with E-state index < -0.39 is 0 Å². The summed E-state index contributed by atoms with van der Waals surface area (Å²) in [6, 6.07) is 8.24. The second kappa shape index (κ2) is 6.55. The van der Waals surface area contributed by atoms with E-state index in [-0.39, 0.29) is 6.04 Å². The Labute approximate surface area is 114 Å². The molecule has 1 aromatic carbocycles. The summed E-state index contributed by atoms with van der Waals surface area (Å²) >= 11 is 6.19. The van der Waals surface area contributed by atoms with E-state index in [1.54, 1.807) is 0 Å². The normalized spacial score (nSPS) is 25.3. The lowest BCUT2D eigenvalue weighted by molar-refractivity contribution is 0.190. The van der Waals surface area contributed by atoms with Crippen molar-refractivity contribution in [1.29, 1.82) is 0 Å². The van der Waals surface area contributed by atoms with Crippen LogP contribution in [0.15, 0.2) is 24.3 Å². The average Bonchev–Trinajstić information content (AvgIpc) is 2.84. The van der Waals surface area contributed by atoms with Crippen molar-refractivity contribution >= 4 is 11.6 Å². The fraction of sp³-hybridized carbons (Fsp3) is 0.600.